The van der Waals surface area contributed by atoms with E-state index in [-0.39, 0.29) is 0 Å². The molecule has 1 aromatic rings. The molecular weight excluding hydrogens is 414 g/mol. The number of rotatable bonds is 14. The zero-order valence-corrected chi connectivity index (χ0v) is 22.3. The Morgan fingerprint density at radius 3 is 2.09 bits per heavy atom. The Hall–Kier alpha value is -1.49. The fourth-order valence-corrected chi connectivity index (χ4v) is 6.56. The van der Waals surface area contributed by atoms with Crippen LogP contribution in [-0.2, 0) is 0 Å². The van der Waals surface area contributed by atoms with E-state index >= 15 is 0 Å². The van der Waals surface area contributed by atoms with Gasteiger partial charge in [-0.2, -0.15) is 5.26 Å². The first-order chi connectivity index (χ1) is 16.7. The molecule has 3 rings (SSSR count). The van der Waals surface area contributed by atoms with Crippen molar-refractivity contribution in [1.29, 1.82) is 5.26 Å². The van der Waals surface area contributed by atoms with Gasteiger partial charge in [-0.25, -0.2) is 0 Å². The maximum absolute atomic E-state index is 9.95. The molecule has 1 atom stereocenters. The van der Waals surface area contributed by atoms with E-state index in [0.29, 0.717) is 17.8 Å². The number of benzene rings is 1. The summed E-state index contributed by atoms with van der Waals surface area (Å²) < 4.78 is 5.93. The van der Waals surface area contributed by atoms with E-state index in [1.54, 1.807) is 0 Å². The number of hydrogen-bond donors (Lipinski definition) is 0. The molecule has 2 nitrogen and oxygen atoms in total. The van der Waals surface area contributed by atoms with Gasteiger partial charge >= 0.3 is 0 Å². The molecule has 0 N–H and O–H groups in total. The van der Waals surface area contributed by atoms with Crippen molar-refractivity contribution in [3.8, 4) is 11.8 Å². The molecule has 0 radical (unpaired) electrons. The van der Waals surface area contributed by atoms with Crippen molar-refractivity contribution < 1.29 is 4.74 Å². The summed E-state index contributed by atoms with van der Waals surface area (Å²) in [6, 6.07) is 11.7. The third-order valence-electron chi connectivity index (χ3n) is 8.89. The predicted molar refractivity (Wildman–Crippen MR) is 144 cm³/mol. The molecule has 2 aliphatic rings. The lowest BCUT2D eigenvalue weighted by molar-refractivity contribution is 0.187. The summed E-state index contributed by atoms with van der Waals surface area (Å²) in [4.78, 5) is 0. The van der Waals surface area contributed by atoms with Crippen LogP contribution in [0.1, 0.15) is 134 Å². The first kappa shape index (κ1) is 27.1. The molecular formula is C32H51NO. The fraction of sp³-hybridized carbons (Fsp3) is 0.781. The number of nitrogens with zero attached hydrogens (tertiary/aromatic N) is 1. The van der Waals surface area contributed by atoms with Gasteiger partial charge in [0.05, 0.1) is 12.7 Å². The van der Waals surface area contributed by atoms with Crippen molar-refractivity contribution >= 4 is 0 Å². The number of ether oxygens (including phenoxy) is 1. The second-order valence-corrected chi connectivity index (χ2v) is 11.4. The quantitative estimate of drug-likeness (QED) is 0.256. The van der Waals surface area contributed by atoms with Gasteiger partial charge in [0.2, 0.25) is 0 Å². The van der Waals surface area contributed by atoms with Crippen molar-refractivity contribution in [2.45, 2.75) is 129 Å². The van der Waals surface area contributed by atoms with Crippen molar-refractivity contribution in [2.24, 2.45) is 23.7 Å². The maximum Gasteiger partial charge on any atom is 0.119 e. The molecule has 0 amide bonds. The zero-order valence-electron chi connectivity index (χ0n) is 22.3. The molecule has 2 fully saturated rings. The standard InChI is InChI=1S/C32H51NO/c1-3-5-7-9-23-34-32-21-19-29(20-22-32)28-17-13-27(14-18-28)24-31(25-33)30-15-11-26(12-16-30)10-8-6-4-2/h19-22,26-28,30-31H,3-18,23-24H2,1-2H3/t26-,27-,28-,30-,31?. The van der Waals surface area contributed by atoms with E-state index in [1.165, 1.54) is 102 Å². The predicted octanol–water partition coefficient (Wildman–Crippen LogP) is 9.84. The van der Waals surface area contributed by atoms with Crippen LogP contribution in [0.15, 0.2) is 24.3 Å². The summed E-state index contributed by atoms with van der Waals surface area (Å²) in [5, 5.41) is 9.95. The largest absolute Gasteiger partial charge is 0.494 e. The number of hydrogen-bond acceptors (Lipinski definition) is 2. The van der Waals surface area contributed by atoms with E-state index < -0.39 is 0 Å². The minimum Gasteiger partial charge on any atom is -0.494 e. The highest BCUT2D eigenvalue weighted by Gasteiger charge is 2.31. The normalized spacial score (nSPS) is 26.0. The monoisotopic (exact) mass is 465 g/mol. The van der Waals surface area contributed by atoms with Gasteiger partial charge in [0, 0.05) is 5.92 Å². The smallest absolute Gasteiger partial charge is 0.119 e. The molecule has 34 heavy (non-hydrogen) atoms. The highest BCUT2D eigenvalue weighted by molar-refractivity contribution is 5.29. The van der Waals surface area contributed by atoms with Crippen molar-refractivity contribution in [3.05, 3.63) is 29.8 Å². The van der Waals surface area contributed by atoms with Crippen molar-refractivity contribution in [3.63, 3.8) is 0 Å². The van der Waals surface area contributed by atoms with Gasteiger partial charge in [-0.1, -0.05) is 83.8 Å². The molecule has 0 aromatic heterocycles. The maximum atomic E-state index is 9.95. The first-order valence-corrected chi connectivity index (χ1v) is 14.9. The van der Waals surface area contributed by atoms with Crippen molar-refractivity contribution in [1.82, 2.24) is 0 Å². The van der Waals surface area contributed by atoms with Crippen LogP contribution < -0.4 is 4.74 Å². The Bertz CT molecular complexity index is 689. The van der Waals surface area contributed by atoms with Crippen LogP contribution in [0.2, 0.25) is 0 Å². The average Bonchev–Trinajstić information content (AvgIpc) is 2.89. The van der Waals surface area contributed by atoms with Crippen LogP contribution in [0.4, 0.5) is 0 Å². The molecule has 190 valence electrons. The van der Waals surface area contributed by atoms with Gasteiger partial charge in [-0.15, -0.1) is 0 Å². The molecule has 0 heterocycles. The van der Waals surface area contributed by atoms with E-state index in [4.69, 9.17) is 4.74 Å². The minimum atomic E-state index is 0.298. The van der Waals surface area contributed by atoms with Crippen LogP contribution in [0.5, 0.6) is 5.75 Å². The fourth-order valence-electron chi connectivity index (χ4n) is 6.56. The molecule has 0 saturated heterocycles. The lowest BCUT2D eigenvalue weighted by Crippen LogP contribution is -2.24. The molecule has 0 spiro atoms. The lowest BCUT2D eigenvalue weighted by Gasteiger charge is -2.34. The molecule has 2 saturated carbocycles. The minimum absolute atomic E-state index is 0.298. The molecule has 0 bridgehead atoms. The van der Waals surface area contributed by atoms with E-state index in [1.807, 2.05) is 0 Å². The first-order valence-electron chi connectivity index (χ1n) is 14.9. The van der Waals surface area contributed by atoms with Gasteiger partial charge in [0.1, 0.15) is 5.75 Å². The van der Waals surface area contributed by atoms with Crippen LogP contribution >= 0.6 is 0 Å². The number of unbranched alkanes of at least 4 members (excludes halogenated alkanes) is 5. The summed E-state index contributed by atoms with van der Waals surface area (Å²) in [6.45, 7) is 5.38. The van der Waals surface area contributed by atoms with E-state index in [0.717, 1.165) is 37.0 Å². The van der Waals surface area contributed by atoms with Crippen LogP contribution in [0.25, 0.3) is 0 Å². The summed E-state index contributed by atoms with van der Waals surface area (Å²) in [5.74, 6) is 4.37. The van der Waals surface area contributed by atoms with Gasteiger partial charge in [-0.05, 0) is 92.7 Å². The Kier molecular flexibility index (Phi) is 12.4. The third kappa shape index (κ3) is 8.94. The number of nitriles is 1. The Morgan fingerprint density at radius 2 is 1.44 bits per heavy atom. The van der Waals surface area contributed by atoms with E-state index in [2.05, 4.69) is 44.2 Å². The molecule has 1 aromatic carbocycles. The summed E-state index contributed by atoms with van der Waals surface area (Å²) in [5.41, 5.74) is 1.48. The lowest BCUT2D eigenvalue weighted by atomic mass is 9.70. The van der Waals surface area contributed by atoms with Crippen molar-refractivity contribution in [2.75, 3.05) is 6.61 Å². The second kappa shape index (κ2) is 15.5. The average molecular weight is 466 g/mol. The zero-order chi connectivity index (χ0) is 24.0. The third-order valence-corrected chi connectivity index (χ3v) is 8.89. The highest BCUT2D eigenvalue weighted by Crippen LogP contribution is 2.42. The second-order valence-electron chi connectivity index (χ2n) is 11.4. The Labute approximate surface area is 210 Å². The highest BCUT2D eigenvalue weighted by atomic mass is 16.5. The van der Waals surface area contributed by atoms with Gasteiger partial charge in [0.25, 0.3) is 0 Å². The molecule has 2 heteroatoms. The van der Waals surface area contributed by atoms with Gasteiger partial charge in [0.15, 0.2) is 0 Å². The van der Waals surface area contributed by atoms with Crippen LogP contribution in [0, 0.1) is 35.0 Å². The van der Waals surface area contributed by atoms with E-state index in [9.17, 15) is 5.26 Å². The van der Waals surface area contributed by atoms with Gasteiger partial charge in [-0.3, -0.25) is 0 Å². The SMILES string of the molecule is CCCCCCOc1ccc([C@H]2CC[C@H](CC(C#N)[C@H]3CC[C@H](CCCCC)CC3)CC2)cc1. The van der Waals surface area contributed by atoms with Crippen LogP contribution in [-0.4, -0.2) is 6.61 Å². The summed E-state index contributed by atoms with van der Waals surface area (Å²) >= 11 is 0. The molecule has 2 aliphatic carbocycles. The molecule has 1 unspecified atom stereocenters. The van der Waals surface area contributed by atoms with Gasteiger partial charge < -0.3 is 4.74 Å². The summed E-state index contributed by atoms with van der Waals surface area (Å²) in [7, 11) is 0. The topological polar surface area (TPSA) is 33.0 Å². The Balaban J connectivity index is 1.36. The molecule has 0 aliphatic heterocycles. The van der Waals surface area contributed by atoms with Crippen LogP contribution in [0.3, 0.4) is 0 Å². The Morgan fingerprint density at radius 1 is 0.794 bits per heavy atom. The summed E-state index contributed by atoms with van der Waals surface area (Å²) in [6.07, 6.45) is 22.2.